The highest BCUT2D eigenvalue weighted by molar-refractivity contribution is 7.89. The molecule has 8 heteroatoms. The zero-order valence-corrected chi connectivity index (χ0v) is 18.8. The zero-order chi connectivity index (χ0) is 23.0. The Labute approximate surface area is 188 Å². The Morgan fingerprint density at radius 2 is 1.50 bits per heavy atom. The fraction of sp³-hybridized carbons (Fsp3) is 0.208. The van der Waals surface area contributed by atoms with Gasteiger partial charge in [-0.1, -0.05) is 65.1 Å². The van der Waals surface area contributed by atoms with Crippen LogP contribution in [0.5, 0.6) is 0 Å². The standard InChI is InChI=1S/C24H26N2O5S/c1-26(30-2)32(28,29)23-10-6-9-22(15-23)24(27)25-16-19-11-13-21(14-12-19)18-31-17-20-7-4-3-5-8-20/h3-15H,16-18H2,1-2H3,(H,25,27). The predicted molar refractivity (Wildman–Crippen MR) is 121 cm³/mol. The number of hydrogen-bond acceptors (Lipinski definition) is 5. The maximum Gasteiger partial charge on any atom is 0.264 e. The molecule has 0 spiro atoms. The maximum atomic E-state index is 12.5. The summed E-state index contributed by atoms with van der Waals surface area (Å²) in [6.45, 7) is 1.37. The largest absolute Gasteiger partial charge is 0.372 e. The summed E-state index contributed by atoms with van der Waals surface area (Å²) in [4.78, 5) is 17.3. The summed E-state index contributed by atoms with van der Waals surface area (Å²) in [5.41, 5.74) is 3.34. The Balaban J connectivity index is 1.53. The molecule has 168 valence electrons. The normalized spacial score (nSPS) is 11.5. The number of nitrogens with zero attached hydrogens (tertiary/aromatic N) is 1. The summed E-state index contributed by atoms with van der Waals surface area (Å²) >= 11 is 0. The lowest BCUT2D eigenvalue weighted by Crippen LogP contribution is -2.27. The number of carbonyl (C=O) groups excluding carboxylic acids is 1. The summed E-state index contributed by atoms with van der Waals surface area (Å²) in [5, 5.41) is 2.81. The molecule has 32 heavy (non-hydrogen) atoms. The molecule has 1 amide bonds. The van der Waals surface area contributed by atoms with E-state index in [0.29, 0.717) is 19.8 Å². The molecule has 0 aromatic heterocycles. The van der Waals surface area contributed by atoms with Gasteiger partial charge in [0, 0.05) is 19.2 Å². The van der Waals surface area contributed by atoms with E-state index in [9.17, 15) is 13.2 Å². The molecule has 0 saturated heterocycles. The van der Waals surface area contributed by atoms with E-state index in [0.717, 1.165) is 21.2 Å². The lowest BCUT2D eigenvalue weighted by atomic mass is 10.1. The monoisotopic (exact) mass is 454 g/mol. The van der Waals surface area contributed by atoms with Crippen LogP contribution < -0.4 is 5.32 Å². The van der Waals surface area contributed by atoms with Crippen LogP contribution in [0, 0.1) is 0 Å². The second-order valence-electron chi connectivity index (χ2n) is 7.10. The van der Waals surface area contributed by atoms with Crippen LogP contribution in [-0.4, -0.2) is 33.0 Å². The minimum absolute atomic E-state index is 0.0191. The number of ether oxygens (including phenoxy) is 1. The first kappa shape index (κ1) is 23.6. The Bertz CT molecular complexity index is 1130. The molecule has 3 aromatic rings. The molecule has 3 rings (SSSR count). The van der Waals surface area contributed by atoms with Crippen LogP contribution in [0.4, 0.5) is 0 Å². The summed E-state index contributed by atoms with van der Waals surface area (Å²) in [7, 11) is -1.27. The minimum atomic E-state index is -3.82. The number of carbonyl (C=O) groups is 1. The van der Waals surface area contributed by atoms with E-state index in [-0.39, 0.29) is 16.4 Å². The van der Waals surface area contributed by atoms with E-state index in [1.165, 1.54) is 32.4 Å². The fourth-order valence-corrected chi connectivity index (χ4v) is 3.96. The highest BCUT2D eigenvalue weighted by atomic mass is 32.2. The highest BCUT2D eigenvalue weighted by Gasteiger charge is 2.21. The summed E-state index contributed by atoms with van der Waals surface area (Å²) in [5.74, 6) is -0.364. The van der Waals surface area contributed by atoms with Gasteiger partial charge in [-0.15, -0.1) is 0 Å². The first-order valence-corrected chi connectivity index (χ1v) is 11.4. The summed E-state index contributed by atoms with van der Waals surface area (Å²) in [6.07, 6.45) is 0. The van der Waals surface area contributed by atoms with Gasteiger partial charge in [0.15, 0.2) is 0 Å². The van der Waals surface area contributed by atoms with Gasteiger partial charge in [0.2, 0.25) is 0 Å². The maximum absolute atomic E-state index is 12.5. The van der Waals surface area contributed by atoms with Crippen molar-refractivity contribution < 1.29 is 22.8 Å². The predicted octanol–water partition coefficient (Wildman–Crippen LogP) is 3.52. The molecule has 0 radical (unpaired) electrons. The second-order valence-corrected chi connectivity index (χ2v) is 9.04. The van der Waals surface area contributed by atoms with Crippen molar-refractivity contribution >= 4 is 15.9 Å². The topological polar surface area (TPSA) is 84.9 Å². The molecule has 0 saturated carbocycles. The van der Waals surface area contributed by atoms with Crippen molar-refractivity contribution in [1.29, 1.82) is 0 Å². The van der Waals surface area contributed by atoms with Crippen LogP contribution in [0.25, 0.3) is 0 Å². The van der Waals surface area contributed by atoms with Gasteiger partial charge in [0.05, 0.1) is 25.2 Å². The van der Waals surface area contributed by atoms with Crippen molar-refractivity contribution in [2.75, 3.05) is 14.2 Å². The zero-order valence-electron chi connectivity index (χ0n) is 18.0. The van der Waals surface area contributed by atoms with Crippen molar-refractivity contribution in [3.8, 4) is 0 Å². The number of sulfonamides is 1. The number of benzene rings is 3. The SMILES string of the molecule is CON(C)S(=O)(=O)c1cccc(C(=O)NCc2ccc(COCc3ccccc3)cc2)c1. The molecule has 7 nitrogen and oxygen atoms in total. The Morgan fingerprint density at radius 3 is 2.16 bits per heavy atom. The van der Waals surface area contributed by atoms with Crippen molar-refractivity contribution in [3.63, 3.8) is 0 Å². The molecule has 1 N–H and O–H groups in total. The molecule has 0 aliphatic heterocycles. The van der Waals surface area contributed by atoms with Crippen LogP contribution in [-0.2, 0) is 39.4 Å². The molecule has 0 heterocycles. The van der Waals surface area contributed by atoms with Crippen LogP contribution in [0.3, 0.4) is 0 Å². The first-order valence-electron chi connectivity index (χ1n) is 10.0. The van der Waals surface area contributed by atoms with Crippen molar-refractivity contribution in [3.05, 3.63) is 101 Å². The Hall–Kier alpha value is -3.04. The first-order chi connectivity index (χ1) is 15.4. The van der Waals surface area contributed by atoms with Gasteiger partial charge >= 0.3 is 0 Å². The van der Waals surface area contributed by atoms with Crippen LogP contribution in [0.15, 0.2) is 83.8 Å². The van der Waals surface area contributed by atoms with Crippen LogP contribution >= 0.6 is 0 Å². The van der Waals surface area contributed by atoms with E-state index >= 15 is 0 Å². The average Bonchev–Trinajstić information content (AvgIpc) is 2.83. The quantitative estimate of drug-likeness (QED) is 0.474. The number of hydroxylamine groups is 1. The van der Waals surface area contributed by atoms with Crippen LogP contribution in [0.2, 0.25) is 0 Å². The van der Waals surface area contributed by atoms with E-state index in [2.05, 4.69) is 5.32 Å². The van der Waals surface area contributed by atoms with Gasteiger partial charge in [-0.25, -0.2) is 8.42 Å². The molecule has 0 unspecified atom stereocenters. The number of amides is 1. The summed E-state index contributed by atoms with van der Waals surface area (Å²) < 4.78 is 31.2. The molecule has 0 aliphatic rings. The molecule has 3 aromatic carbocycles. The molecule has 0 bridgehead atoms. The van der Waals surface area contributed by atoms with Gasteiger partial charge < -0.3 is 10.1 Å². The third-order valence-electron chi connectivity index (χ3n) is 4.85. The van der Waals surface area contributed by atoms with Gasteiger partial charge in [0.1, 0.15) is 0 Å². The molecular formula is C24H26N2O5S. The van der Waals surface area contributed by atoms with E-state index in [4.69, 9.17) is 9.57 Å². The van der Waals surface area contributed by atoms with Crippen LogP contribution in [0.1, 0.15) is 27.0 Å². The third kappa shape index (κ3) is 6.24. The van der Waals surface area contributed by atoms with Crippen molar-refractivity contribution in [2.24, 2.45) is 0 Å². The molecule has 0 aliphatic carbocycles. The van der Waals surface area contributed by atoms with E-state index < -0.39 is 10.0 Å². The third-order valence-corrected chi connectivity index (χ3v) is 6.52. The number of nitrogens with one attached hydrogen (secondary N) is 1. The fourth-order valence-electron chi connectivity index (χ4n) is 2.94. The number of hydrogen-bond donors (Lipinski definition) is 1. The summed E-state index contributed by atoms with van der Waals surface area (Å²) in [6, 6.07) is 23.6. The Kier molecular flexibility index (Phi) is 8.13. The minimum Gasteiger partial charge on any atom is -0.372 e. The van der Waals surface area contributed by atoms with Crippen molar-refractivity contribution in [2.45, 2.75) is 24.7 Å². The van der Waals surface area contributed by atoms with Crippen molar-refractivity contribution in [1.82, 2.24) is 9.79 Å². The number of rotatable bonds is 10. The lowest BCUT2D eigenvalue weighted by molar-refractivity contribution is -0.0258. The van der Waals surface area contributed by atoms with E-state index in [1.807, 2.05) is 54.6 Å². The lowest BCUT2D eigenvalue weighted by Gasteiger charge is -2.14. The van der Waals surface area contributed by atoms with Gasteiger partial charge in [-0.05, 0) is 34.9 Å². The molecule has 0 fully saturated rings. The van der Waals surface area contributed by atoms with Gasteiger partial charge in [-0.3, -0.25) is 9.63 Å². The highest BCUT2D eigenvalue weighted by Crippen LogP contribution is 2.16. The Morgan fingerprint density at radius 1 is 0.875 bits per heavy atom. The average molecular weight is 455 g/mol. The van der Waals surface area contributed by atoms with Gasteiger partial charge in [0.25, 0.3) is 15.9 Å². The van der Waals surface area contributed by atoms with Gasteiger partial charge in [-0.2, -0.15) is 0 Å². The van der Waals surface area contributed by atoms with E-state index in [1.54, 1.807) is 6.07 Å². The second kappa shape index (κ2) is 11.0. The smallest absolute Gasteiger partial charge is 0.264 e. The molecule has 0 atom stereocenters. The molecular weight excluding hydrogens is 428 g/mol.